The second kappa shape index (κ2) is 14.0. The summed E-state index contributed by atoms with van der Waals surface area (Å²) >= 11 is 0. The Balaban J connectivity index is 2.02. The van der Waals surface area contributed by atoms with Crippen LogP contribution in [0.3, 0.4) is 0 Å². The lowest BCUT2D eigenvalue weighted by atomic mass is 9.78. The van der Waals surface area contributed by atoms with E-state index >= 15 is 0 Å². The maximum absolute atomic E-state index is 12.9. The van der Waals surface area contributed by atoms with Crippen LogP contribution in [0.25, 0.3) is 0 Å². The first kappa shape index (κ1) is 37.2. The molecule has 7 nitrogen and oxygen atoms in total. The second-order valence-corrected chi connectivity index (χ2v) is 16.3. The molecule has 0 atom stereocenters. The van der Waals surface area contributed by atoms with Gasteiger partial charge in [-0.1, -0.05) is 95.2 Å². The first-order chi connectivity index (χ1) is 19.9. The molecule has 2 N–H and O–H groups in total. The van der Waals surface area contributed by atoms with Gasteiger partial charge in [-0.15, -0.1) is 0 Å². The SMILES string of the molecule is CC(C)(C)c1cc(C(=O)C=CCO[PH](=O)OCC=CC(=O)c2cc(C(C)(C)C)c(O)c(C(C)(C)C)c2)cc(C(C)(C)C)c1O. The van der Waals surface area contributed by atoms with Crippen molar-refractivity contribution in [1.82, 2.24) is 0 Å². The van der Waals surface area contributed by atoms with Crippen LogP contribution in [0.2, 0.25) is 0 Å². The van der Waals surface area contributed by atoms with Crippen LogP contribution >= 0.6 is 8.25 Å². The van der Waals surface area contributed by atoms with Crippen LogP contribution in [0.5, 0.6) is 11.5 Å². The van der Waals surface area contributed by atoms with E-state index in [0.29, 0.717) is 33.4 Å². The minimum atomic E-state index is -2.87. The van der Waals surface area contributed by atoms with Gasteiger partial charge in [-0.3, -0.25) is 14.2 Å². The van der Waals surface area contributed by atoms with E-state index in [0.717, 1.165) is 0 Å². The highest BCUT2D eigenvalue weighted by molar-refractivity contribution is 7.33. The van der Waals surface area contributed by atoms with Crippen molar-refractivity contribution in [2.24, 2.45) is 0 Å². The summed E-state index contributed by atoms with van der Waals surface area (Å²) in [6.07, 6.45) is 5.65. The predicted octanol–water partition coefficient (Wildman–Crippen LogP) is 8.89. The number of carbonyl (C=O) groups excluding carboxylic acids is 2. The Morgan fingerprint density at radius 3 is 1.07 bits per heavy atom. The Morgan fingerprint density at radius 2 is 0.841 bits per heavy atom. The molecule has 0 bridgehead atoms. The molecule has 0 aromatic heterocycles. The van der Waals surface area contributed by atoms with E-state index in [1.165, 1.54) is 24.3 Å². The fourth-order valence-electron chi connectivity index (χ4n) is 4.62. The number of allylic oxidation sites excluding steroid dienone is 2. The molecule has 0 unspecified atom stereocenters. The van der Waals surface area contributed by atoms with Gasteiger partial charge in [0, 0.05) is 33.4 Å². The zero-order chi connectivity index (χ0) is 33.8. The molecule has 2 rings (SSSR count). The number of benzene rings is 2. The van der Waals surface area contributed by atoms with Gasteiger partial charge < -0.3 is 19.3 Å². The first-order valence-electron chi connectivity index (χ1n) is 14.9. The lowest BCUT2D eigenvalue weighted by Gasteiger charge is -2.28. The molecule has 44 heavy (non-hydrogen) atoms. The normalized spacial score (nSPS) is 14.0. The molecule has 2 aromatic rings. The lowest BCUT2D eigenvalue weighted by Crippen LogP contribution is -2.18. The Hall–Kier alpha value is -2.99. The maximum Gasteiger partial charge on any atom is 0.319 e. The van der Waals surface area contributed by atoms with E-state index < -0.39 is 8.25 Å². The molecule has 0 aliphatic heterocycles. The van der Waals surface area contributed by atoms with Crippen molar-refractivity contribution in [3.8, 4) is 11.5 Å². The topological polar surface area (TPSA) is 110 Å². The van der Waals surface area contributed by atoms with Crippen molar-refractivity contribution in [3.05, 3.63) is 82.0 Å². The molecule has 0 aliphatic carbocycles. The Bertz CT molecular complexity index is 1270. The van der Waals surface area contributed by atoms with Crippen LogP contribution in [0.4, 0.5) is 0 Å². The van der Waals surface area contributed by atoms with Crippen LogP contribution < -0.4 is 0 Å². The lowest BCUT2D eigenvalue weighted by molar-refractivity contribution is 0.103. The van der Waals surface area contributed by atoms with E-state index in [9.17, 15) is 24.4 Å². The minimum absolute atomic E-state index is 0.0960. The highest BCUT2D eigenvalue weighted by atomic mass is 31.1. The monoisotopic (exact) mass is 626 g/mol. The number of aromatic hydroxyl groups is 2. The fourth-order valence-corrected chi connectivity index (χ4v) is 5.16. The van der Waals surface area contributed by atoms with Crippen LogP contribution in [0.15, 0.2) is 48.6 Å². The third-order valence-electron chi connectivity index (χ3n) is 7.15. The maximum atomic E-state index is 12.9. The number of carbonyl (C=O) groups is 2. The van der Waals surface area contributed by atoms with Crippen molar-refractivity contribution >= 4 is 19.8 Å². The quantitative estimate of drug-likeness (QED) is 0.154. The Kier molecular flexibility index (Phi) is 11.8. The van der Waals surface area contributed by atoms with Gasteiger partial charge in [-0.05, 0) is 58.1 Å². The van der Waals surface area contributed by atoms with Gasteiger partial charge in [0.25, 0.3) is 0 Å². The standard InChI is InChI=1S/C36H51O7P/c1-33(2,3)25-19-23(20-26(31(25)39)34(4,5)6)29(37)15-13-17-42-44(41)43-18-14-16-30(38)24-21-27(35(7,8)9)32(40)28(22-24)36(10,11)12/h13-16,19-22,39-40,44H,17-18H2,1-12H3. The van der Waals surface area contributed by atoms with E-state index in [2.05, 4.69) is 0 Å². The van der Waals surface area contributed by atoms with Crippen molar-refractivity contribution < 1.29 is 33.4 Å². The van der Waals surface area contributed by atoms with Gasteiger partial charge >= 0.3 is 8.25 Å². The summed E-state index contributed by atoms with van der Waals surface area (Å²) < 4.78 is 22.6. The smallest absolute Gasteiger partial charge is 0.319 e. The summed E-state index contributed by atoms with van der Waals surface area (Å²) in [6.45, 7) is 23.6. The summed E-state index contributed by atoms with van der Waals surface area (Å²) in [5.74, 6) is -0.115. The number of hydrogen-bond acceptors (Lipinski definition) is 7. The molecule has 0 spiro atoms. The Morgan fingerprint density at radius 1 is 0.591 bits per heavy atom. The predicted molar refractivity (Wildman–Crippen MR) is 179 cm³/mol. The molecular formula is C36H51O7P. The zero-order valence-electron chi connectivity index (χ0n) is 28.5. The molecule has 0 amide bonds. The van der Waals surface area contributed by atoms with Gasteiger partial charge in [-0.25, -0.2) is 0 Å². The Labute approximate surface area is 264 Å². The van der Waals surface area contributed by atoms with Gasteiger partial charge in [0.2, 0.25) is 0 Å². The molecule has 0 heterocycles. The largest absolute Gasteiger partial charge is 0.507 e. The molecule has 0 aliphatic rings. The van der Waals surface area contributed by atoms with Crippen molar-refractivity contribution in [1.29, 1.82) is 0 Å². The average Bonchev–Trinajstić information content (AvgIpc) is 2.86. The van der Waals surface area contributed by atoms with Crippen LogP contribution in [0, 0.1) is 0 Å². The molecule has 8 heteroatoms. The molecule has 2 aromatic carbocycles. The average molecular weight is 627 g/mol. The summed E-state index contributed by atoms with van der Waals surface area (Å²) in [7, 11) is -2.87. The van der Waals surface area contributed by atoms with E-state index in [-0.39, 0.29) is 57.9 Å². The van der Waals surface area contributed by atoms with Gasteiger partial charge in [0.15, 0.2) is 11.6 Å². The molecule has 0 saturated heterocycles. The van der Waals surface area contributed by atoms with Crippen molar-refractivity contribution in [2.75, 3.05) is 13.2 Å². The third kappa shape index (κ3) is 10.0. The molecule has 0 radical (unpaired) electrons. The minimum Gasteiger partial charge on any atom is -0.507 e. The summed E-state index contributed by atoms with van der Waals surface area (Å²) in [5, 5.41) is 21.8. The second-order valence-electron chi connectivity index (χ2n) is 15.2. The fraction of sp³-hybridized carbons (Fsp3) is 0.500. The van der Waals surface area contributed by atoms with Crippen LogP contribution in [-0.2, 0) is 35.3 Å². The van der Waals surface area contributed by atoms with Gasteiger partial charge in [-0.2, -0.15) is 0 Å². The highest BCUT2D eigenvalue weighted by Crippen LogP contribution is 2.41. The molecular weight excluding hydrogens is 575 g/mol. The van der Waals surface area contributed by atoms with Gasteiger partial charge in [0.05, 0.1) is 13.2 Å². The highest BCUT2D eigenvalue weighted by Gasteiger charge is 2.28. The third-order valence-corrected chi connectivity index (χ3v) is 7.96. The number of ketones is 2. The summed E-state index contributed by atoms with van der Waals surface area (Å²) in [5.41, 5.74) is 2.22. The number of rotatable bonds is 10. The molecule has 0 saturated carbocycles. The van der Waals surface area contributed by atoms with E-state index in [4.69, 9.17) is 9.05 Å². The number of phenols is 2. The van der Waals surface area contributed by atoms with Crippen molar-refractivity contribution in [2.45, 2.75) is 105 Å². The van der Waals surface area contributed by atoms with Crippen LogP contribution in [-0.4, -0.2) is 35.0 Å². The number of hydrogen-bond donors (Lipinski definition) is 2. The number of phenolic OH excluding ortho intramolecular Hbond substituents is 2. The summed E-state index contributed by atoms with van der Waals surface area (Å²) in [4.78, 5) is 25.9. The van der Waals surface area contributed by atoms with E-state index in [1.807, 2.05) is 83.1 Å². The van der Waals surface area contributed by atoms with Crippen molar-refractivity contribution in [3.63, 3.8) is 0 Å². The van der Waals surface area contributed by atoms with Crippen LogP contribution in [0.1, 0.15) is 126 Å². The van der Waals surface area contributed by atoms with Gasteiger partial charge in [0.1, 0.15) is 11.5 Å². The van der Waals surface area contributed by atoms with E-state index in [1.54, 1.807) is 24.3 Å². The summed E-state index contributed by atoms with van der Waals surface area (Å²) in [6, 6.07) is 6.85. The molecule has 0 fully saturated rings. The first-order valence-corrected chi connectivity index (χ1v) is 16.1. The zero-order valence-corrected chi connectivity index (χ0v) is 29.5. The molecule has 242 valence electrons.